The number of aromatic nitrogens is 6. The average molecular weight is 393 g/mol. The van der Waals surface area contributed by atoms with Crippen LogP contribution in [-0.2, 0) is 0 Å². The number of rotatable bonds is 3. The molecule has 5 rings (SSSR count). The lowest BCUT2D eigenvalue weighted by molar-refractivity contribution is 1.21. The zero-order valence-electron chi connectivity index (χ0n) is 14.2. The molecule has 0 aliphatic heterocycles. The molecule has 27 heavy (non-hydrogen) atoms. The number of benzene rings is 1. The average Bonchev–Trinajstić information content (AvgIpc) is 3.40. The molecule has 0 aliphatic carbocycles. The van der Waals surface area contributed by atoms with Crippen LogP contribution < -0.4 is 0 Å². The normalized spacial score (nSPS) is 11.3. The van der Waals surface area contributed by atoms with Gasteiger partial charge in [0.1, 0.15) is 23.4 Å². The van der Waals surface area contributed by atoms with E-state index in [0.717, 1.165) is 43.5 Å². The second-order valence-corrected chi connectivity index (χ2v) is 7.56. The van der Waals surface area contributed by atoms with Crippen molar-refractivity contribution in [2.45, 2.75) is 6.92 Å². The zero-order chi connectivity index (χ0) is 18.4. The molecule has 0 unspecified atom stereocenters. The Bertz CT molecular complexity index is 1250. The first kappa shape index (κ1) is 16.2. The highest BCUT2D eigenvalue weighted by Gasteiger charge is 2.20. The summed E-state index contributed by atoms with van der Waals surface area (Å²) < 4.78 is 0. The molecule has 0 spiro atoms. The molecule has 0 atom stereocenters. The molecule has 0 amide bonds. The molecule has 4 aromatic heterocycles. The van der Waals surface area contributed by atoms with Gasteiger partial charge in [0.25, 0.3) is 0 Å². The first-order chi connectivity index (χ1) is 13.2. The van der Waals surface area contributed by atoms with Gasteiger partial charge in [-0.2, -0.15) is 0 Å². The van der Waals surface area contributed by atoms with Crippen LogP contribution in [-0.4, -0.2) is 29.9 Å². The van der Waals surface area contributed by atoms with Crippen molar-refractivity contribution in [1.82, 2.24) is 29.9 Å². The first-order valence-electron chi connectivity index (χ1n) is 8.25. The van der Waals surface area contributed by atoms with Crippen LogP contribution in [0, 0.1) is 6.92 Å². The number of imidazole rings is 2. The lowest BCUT2D eigenvalue weighted by Crippen LogP contribution is -1.86. The number of hydrogen-bond acceptors (Lipinski definition) is 5. The molecule has 2 N–H and O–H groups in total. The molecule has 6 nitrogen and oxygen atoms in total. The number of aromatic amines is 2. The summed E-state index contributed by atoms with van der Waals surface area (Å²) in [5.41, 5.74) is 5.33. The quantitative estimate of drug-likeness (QED) is 0.447. The number of halogens is 1. The van der Waals surface area contributed by atoms with Crippen LogP contribution in [0.1, 0.15) is 5.56 Å². The molecule has 0 fully saturated rings. The van der Waals surface area contributed by atoms with E-state index in [1.165, 1.54) is 0 Å². The van der Waals surface area contributed by atoms with Crippen molar-refractivity contribution in [3.63, 3.8) is 0 Å². The van der Waals surface area contributed by atoms with Crippen molar-refractivity contribution in [2.24, 2.45) is 0 Å². The summed E-state index contributed by atoms with van der Waals surface area (Å²) in [7, 11) is 0. The predicted octanol–water partition coefficient (Wildman–Crippen LogP) is 5.10. The number of thiophene rings is 1. The molecule has 0 saturated carbocycles. The summed E-state index contributed by atoms with van der Waals surface area (Å²) in [6.45, 7) is 2.03. The second-order valence-electron chi connectivity index (χ2n) is 6.10. The summed E-state index contributed by atoms with van der Waals surface area (Å²) in [6, 6.07) is 8.16. The van der Waals surface area contributed by atoms with E-state index >= 15 is 0 Å². The van der Waals surface area contributed by atoms with Crippen LogP contribution in [0.4, 0.5) is 0 Å². The summed E-state index contributed by atoms with van der Waals surface area (Å²) in [5, 5.41) is 0.708. The fourth-order valence-corrected chi connectivity index (χ4v) is 4.52. The number of fused-ring (bicyclic) bond motifs is 1. The van der Waals surface area contributed by atoms with E-state index in [4.69, 9.17) is 11.6 Å². The van der Waals surface area contributed by atoms with Crippen LogP contribution in [0.3, 0.4) is 0 Å². The van der Waals surface area contributed by atoms with Crippen molar-refractivity contribution < 1.29 is 0 Å². The molecule has 5 aromatic rings. The van der Waals surface area contributed by atoms with E-state index < -0.39 is 0 Å². The van der Waals surface area contributed by atoms with E-state index in [2.05, 4.69) is 42.0 Å². The SMILES string of the molecule is Cc1ccc(-c2cc(-c3ncnc4[nH]cnc34)sc2-c2ncc[nH]2)c(Cl)c1. The maximum absolute atomic E-state index is 6.56. The van der Waals surface area contributed by atoms with Gasteiger partial charge < -0.3 is 9.97 Å². The van der Waals surface area contributed by atoms with Crippen LogP contribution in [0.5, 0.6) is 0 Å². The maximum atomic E-state index is 6.56. The maximum Gasteiger partial charge on any atom is 0.161 e. The Kier molecular flexibility index (Phi) is 3.77. The van der Waals surface area contributed by atoms with Crippen molar-refractivity contribution in [1.29, 1.82) is 0 Å². The summed E-state index contributed by atoms with van der Waals surface area (Å²) in [6.07, 6.45) is 6.72. The Morgan fingerprint density at radius 1 is 1.00 bits per heavy atom. The van der Waals surface area contributed by atoms with Gasteiger partial charge in [0.2, 0.25) is 0 Å². The summed E-state index contributed by atoms with van der Waals surface area (Å²) in [4.78, 5) is 25.7. The van der Waals surface area contributed by atoms with Gasteiger partial charge in [-0.1, -0.05) is 23.7 Å². The van der Waals surface area contributed by atoms with Gasteiger partial charge in [-0.3, -0.25) is 0 Å². The lowest BCUT2D eigenvalue weighted by atomic mass is 10.0. The second kappa shape index (κ2) is 6.29. The molecule has 0 bridgehead atoms. The van der Waals surface area contributed by atoms with E-state index in [1.54, 1.807) is 30.2 Å². The van der Waals surface area contributed by atoms with Crippen LogP contribution >= 0.6 is 22.9 Å². The smallest absolute Gasteiger partial charge is 0.161 e. The van der Waals surface area contributed by atoms with Gasteiger partial charge in [-0.15, -0.1) is 11.3 Å². The van der Waals surface area contributed by atoms with Crippen LogP contribution in [0.2, 0.25) is 5.02 Å². The van der Waals surface area contributed by atoms with E-state index in [9.17, 15) is 0 Å². The van der Waals surface area contributed by atoms with Crippen LogP contribution in [0.15, 0.2) is 49.3 Å². The van der Waals surface area contributed by atoms with E-state index in [-0.39, 0.29) is 0 Å². The van der Waals surface area contributed by atoms with Crippen molar-refractivity contribution in [3.05, 3.63) is 59.9 Å². The van der Waals surface area contributed by atoms with Crippen molar-refractivity contribution in [3.8, 4) is 32.4 Å². The topological polar surface area (TPSA) is 83.1 Å². The highest BCUT2D eigenvalue weighted by atomic mass is 35.5. The van der Waals surface area contributed by atoms with Gasteiger partial charge in [-0.25, -0.2) is 19.9 Å². The third-order valence-corrected chi connectivity index (χ3v) is 5.77. The zero-order valence-corrected chi connectivity index (χ0v) is 15.8. The molecule has 0 saturated heterocycles. The molecular formula is C19H13ClN6S. The predicted molar refractivity (Wildman–Crippen MR) is 108 cm³/mol. The highest BCUT2D eigenvalue weighted by molar-refractivity contribution is 7.19. The fourth-order valence-electron chi connectivity index (χ4n) is 3.06. The van der Waals surface area contributed by atoms with Gasteiger partial charge in [0.05, 0.1) is 16.1 Å². The van der Waals surface area contributed by atoms with E-state index in [0.29, 0.717) is 10.7 Å². The molecule has 0 radical (unpaired) electrons. The van der Waals surface area contributed by atoms with E-state index in [1.807, 2.05) is 25.3 Å². The summed E-state index contributed by atoms with van der Waals surface area (Å²) >= 11 is 8.16. The Morgan fingerprint density at radius 2 is 1.93 bits per heavy atom. The van der Waals surface area contributed by atoms with Crippen molar-refractivity contribution in [2.75, 3.05) is 0 Å². The Morgan fingerprint density at radius 3 is 2.74 bits per heavy atom. The Labute approximate surface area is 163 Å². The molecular weight excluding hydrogens is 380 g/mol. The lowest BCUT2D eigenvalue weighted by Gasteiger charge is -2.05. The monoisotopic (exact) mass is 392 g/mol. The van der Waals surface area contributed by atoms with Crippen molar-refractivity contribution >= 4 is 34.1 Å². The minimum Gasteiger partial charge on any atom is -0.344 e. The largest absolute Gasteiger partial charge is 0.344 e. The molecule has 1 aromatic carbocycles. The fraction of sp³-hybridized carbons (Fsp3) is 0.0526. The first-order valence-corrected chi connectivity index (χ1v) is 9.44. The molecule has 8 heteroatoms. The highest BCUT2D eigenvalue weighted by Crippen LogP contribution is 2.44. The van der Waals surface area contributed by atoms with Gasteiger partial charge in [-0.05, 0) is 24.6 Å². The number of aryl methyl sites for hydroxylation is 1. The standard InChI is InChI=1S/C19H13ClN6S/c1-10-2-3-11(13(20)6-10)12-7-14(27-17(12)19-21-4-5-22-19)15-16-18(25-8-23-15)26-9-24-16/h2-9H,1H3,(H,21,22)(H,23,24,25,26). The minimum absolute atomic E-state index is 0.708. The molecule has 4 heterocycles. The minimum atomic E-state index is 0.708. The molecule has 0 aliphatic rings. The molecule has 132 valence electrons. The number of hydrogen-bond donors (Lipinski definition) is 2. The Balaban J connectivity index is 1.77. The number of nitrogens with zero attached hydrogens (tertiary/aromatic N) is 4. The summed E-state index contributed by atoms with van der Waals surface area (Å²) in [5.74, 6) is 0.796. The Hall–Kier alpha value is -3.03. The number of nitrogens with one attached hydrogen (secondary N) is 2. The third-order valence-electron chi connectivity index (χ3n) is 4.31. The van der Waals surface area contributed by atoms with Gasteiger partial charge in [0.15, 0.2) is 5.65 Å². The van der Waals surface area contributed by atoms with Gasteiger partial charge >= 0.3 is 0 Å². The van der Waals surface area contributed by atoms with Crippen LogP contribution in [0.25, 0.3) is 43.6 Å². The number of H-pyrrole nitrogens is 2. The third kappa shape index (κ3) is 2.72. The van der Waals surface area contributed by atoms with Gasteiger partial charge in [0, 0.05) is 28.5 Å².